The molecule has 0 bridgehead atoms. The number of furan rings is 1. The Balaban J connectivity index is 0.980. The summed E-state index contributed by atoms with van der Waals surface area (Å²) in [5, 5.41) is 8.15. The second kappa shape index (κ2) is 13.0. The summed E-state index contributed by atoms with van der Waals surface area (Å²) in [4.78, 5) is 5.15. The maximum absolute atomic E-state index is 6.59. The summed E-state index contributed by atoms with van der Waals surface area (Å²) < 4.78 is 6.59. The number of aliphatic imine (C=N–C) groups is 1. The summed E-state index contributed by atoms with van der Waals surface area (Å²) in [6.45, 7) is 0. The third-order valence-electron chi connectivity index (χ3n) is 10.3. The van der Waals surface area contributed by atoms with Crippen LogP contribution in [-0.4, -0.2) is 5.84 Å². The molecule has 0 fully saturated rings. The smallest absolute Gasteiger partial charge is 0.143 e. The largest absolute Gasteiger partial charge is 0.455 e. The number of amidine groups is 1. The molecule has 53 heavy (non-hydrogen) atoms. The summed E-state index contributed by atoms with van der Waals surface area (Å²) in [5.41, 5.74) is 13.3. The van der Waals surface area contributed by atoms with Gasteiger partial charge in [-0.2, -0.15) is 0 Å². The van der Waals surface area contributed by atoms with E-state index in [0.717, 1.165) is 61.1 Å². The first-order valence-electron chi connectivity index (χ1n) is 18.1. The SMILES string of the molecule is C1=C(c2ccccc2)NC(c2ccccc2)=NC1c1ccc(-c2ccc(-c3cc4c5ccc(-c6ccccc6)cc5oc4c4ccccc34)cc2)cc1. The van der Waals surface area contributed by atoms with Crippen molar-refractivity contribution in [3.63, 3.8) is 0 Å². The molecule has 3 heteroatoms. The Morgan fingerprint density at radius 1 is 0.415 bits per heavy atom. The number of fused-ring (bicyclic) bond motifs is 5. The Morgan fingerprint density at radius 2 is 0.962 bits per heavy atom. The van der Waals surface area contributed by atoms with Gasteiger partial charge in [-0.05, 0) is 74.2 Å². The molecule has 1 aliphatic heterocycles. The van der Waals surface area contributed by atoms with Crippen molar-refractivity contribution in [1.29, 1.82) is 0 Å². The lowest BCUT2D eigenvalue weighted by molar-refractivity contribution is 0.673. The lowest BCUT2D eigenvalue weighted by atomic mass is 9.93. The van der Waals surface area contributed by atoms with Gasteiger partial charge in [-0.15, -0.1) is 0 Å². The third-order valence-corrected chi connectivity index (χ3v) is 10.3. The van der Waals surface area contributed by atoms with Gasteiger partial charge in [0.1, 0.15) is 17.0 Å². The van der Waals surface area contributed by atoms with E-state index in [4.69, 9.17) is 9.41 Å². The molecule has 1 N–H and O–H groups in total. The molecule has 1 aliphatic rings. The van der Waals surface area contributed by atoms with Gasteiger partial charge in [-0.3, -0.25) is 4.99 Å². The highest BCUT2D eigenvalue weighted by Crippen LogP contribution is 2.41. The molecule has 0 saturated carbocycles. The van der Waals surface area contributed by atoms with Crippen molar-refractivity contribution in [1.82, 2.24) is 5.32 Å². The number of hydrogen-bond donors (Lipinski definition) is 1. The van der Waals surface area contributed by atoms with Crippen LogP contribution in [0.1, 0.15) is 22.7 Å². The van der Waals surface area contributed by atoms with E-state index in [1.54, 1.807) is 0 Å². The van der Waals surface area contributed by atoms with Gasteiger partial charge < -0.3 is 9.73 Å². The molecule has 0 aliphatic carbocycles. The lowest BCUT2D eigenvalue weighted by Crippen LogP contribution is -2.27. The van der Waals surface area contributed by atoms with Crippen LogP contribution >= 0.6 is 0 Å². The van der Waals surface area contributed by atoms with Crippen LogP contribution in [0.5, 0.6) is 0 Å². The Labute approximate surface area is 308 Å². The second-order valence-electron chi connectivity index (χ2n) is 13.6. The standard InChI is InChI=1S/C50H34N2O/c1-4-12-33(13-5-1)40-28-29-42-45-31-44(41-18-10-11-19-43(41)49(45)53-48(42)30-40)36-24-20-34(21-25-36)35-22-26-38(27-23-35)47-32-46(37-14-6-2-7-15-37)51-50(52-47)39-16-8-3-9-17-39/h1-32,47H,(H,51,52). The van der Waals surface area contributed by atoms with E-state index in [1.165, 1.54) is 33.2 Å². The fraction of sp³-hybridized carbons (Fsp3) is 0.0200. The minimum absolute atomic E-state index is 0.106. The number of nitrogens with zero attached hydrogens (tertiary/aromatic N) is 1. The highest BCUT2D eigenvalue weighted by Gasteiger charge is 2.20. The van der Waals surface area contributed by atoms with Crippen LogP contribution in [0.3, 0.4) is 0 Å². The third kappa shape index (κ3) is 5.69. The zero-order valence-corrected chi connectivity index (χ0v) is 28.9. The van der Waals surface area contributed by atoms with Gasteiger partial charge >= 0.3 is 0 Å². The fourth-order valence-electron chi connectivity index (χ4n) is 7.60. The molecule has 2 heterocycles. The van der Waals surface area contributed by atoms with E-state index in [0.29, 0.717) is 0 Å². The van der Waals surface area contributed by atoms with Crippen LogP contribution in [0.15, 0.2) is 204 Å². The summed E-state index contributed by atoms with van der Waals surface area (Å²) in [5.74, 6) is 0.877. The molecule has 0 spiro atoms. The molecule has 3 nitrogen and oxygen atoms in total. The van der Waals surface area contributed by atoms with Crippen molar-refractivity contribution in [2.24, 2.45) is 4.99 Å². The first kappa shape index (κ1) is 30.8. The van der Waals surface area contributed by atoms with E-state index < -0.39 is 0 Å². The van der Waals surface area contributed by atoms with Gasteiger partial charge in [-0.1, -0.05) is 170 Å². The first-order chi connectivity index (χ1) is 26.2. The fourth-order valence-corrected chi connectivity index (χ4v) is 7.60. The van der Waals surface area contributed by atoms with E-state index in [9.17, 15) is 0 Å². The molecular formula is C50H34N2O. The molecule has 1 unspecified atom stereocenters. The van der Waals surface area contributed by atoms with Crippen LogP contribution in [-0.2, 0) is 0 Å². The van der Waals surface area contributed by atoms with E-state index in [2.05, 4.69) is 181 Å². The van der Waals surface area contributed by atoms with Gasteiger partial charge in [-0.25, -0.2) is 0 Å². The van der Waals surface area contributed by atoms with Gasteiger partial charge in [0.2, 0.25) is 0 Å². The average molecular weight is 679 g/mol. The molecular weight excluding hydrogens is 645 g/mol. The number of hydrogen-bond acceptors (Lipinski definition) is 3. The van der Waals surface area contributed by atoms with Crippen molar-refractivity contribution in [2.75, 3.05) is 0 Å². The molecule has 0 saturated heterocycles. The van der Waals surface area contributed by atoms with Crippen LogP contribution in [0, 0.1) is 0 Å². The Hall–Kier alpha value is -6.97. The molecule has 250 valence electrons. The highest BCUT2D eigenvalue weighted by molar-refractivity contribution is 6.19. The van der Waals surface area contributed by atoms with Gasteiger partial charge in [0, 0.05) is 27.4 Å². The van der Waals surface area contributed by atoms with Crippen molar-refractivity contribution < 1.29 is 4.42 Å². The first-order valence-corrected chi connectivity index (χ1v) is 18.1. The van der Waals surface area contributed by atoms with Crippen molar-refractivity contribution in [3.8, 4) is 33.4 Å². The normalized spacial score (nSPS) is 14.2. The lowest BCUT2D eigenvalue weighted by Gasteiger charge is -2.23. The predicted octanol–water partition coefficient (Wildman–Crippen LogP) is 12.9. The van der Waals surface area contributed by atoms with E-state index in [-0.39, 0.29) is 6.04 Å². The van der Waals surface area contributed by atoms with Crippen molar-refractivity contribution in [3.05, 3.63) is 211 Å². The topological polar surface area (TPSA) is 37.5 Å². The predicted molar refractivity (Wildman–Crippen MR) is 221 cm³/mol. The molecule has 1 aromatic heterocycles. The number of benzene rings is 8. The molecule has 10 rings (SSSR count). The monoisotopic (exact) mass is 678 g/mol. The Morgan fingerprint density at radius 3 is 1.66 bits per heavy atom. The van der Waals surface area contributed by atoms with Crippen molar-refractivity contribution in [2.45, 2.75) is 6.04 Å². The maximum Gasteiger partial charge on any atom is 0.143 e. The van der Waals surface area contributed by atoms with Gasteiger partial charge in [0.15, 0.2) is 0 Å². The van der Waals surface area contributed by atoms with Crippen LogP contribution < -0.4 is 5.32 Å². The molecule has 1 atom stereocenters. The van der Waals surface area contributed by atoms with Crippen LogP contribution in [0.2, 0.25) is 0 Å². The molecule has 8 aromatic carbocycles. The van der Waals surface area contributed by atoms with Crippen LogP contribution in [0.25, 0.3) is 71.8 Å². The zero-order valence-electron chi connectivity index (χ0n) is 28.9. The maximum atomic E-state index is 6.59. The zero-order chi connectivity index (χ0) is 35.1. The summed E-state index contributed by atoms with van der Waals surface area (Å²) in [6, 6.07) is 66.4. The van der Waals surface area contributed by atoms with Crippen molar-refractivity contribution >= 4 is 44.2 Å². The number of nitrogens with one attached hydrogen (secondary N) is 1. The van der Waals surface area contributed by atoms with Gasteiger partial charge in [0.05, 0.1) is 6.04 Å². The summed E-state index contributed by atoms with van der Waals surface area (Å²) >= 11 is 0. The molecule has 9 aromatic rings. The van der Waals surface area contributed by atoms with Gasteiger partial charge in [0.25, 0.3) is 0 Å². The average Bonchev–Trinajstić information content (AvgIpc) is 3.62. The minimum Gasteiger partial charge on any atom is -0.455 e. The Kier molecular flexibility index (Phi) is 7.54. The Bertz CT molecular complexity index is 2760. The summed E-state index contributed by atoms with van der Waals surface area (Å²) in [7, 11) is 0. The quantitative estimate of drug-likeness (QED) is 0.190. The second-order valence-corrected chi connectivity index (χ2v) is 13.6. The highest BCUT2D eigenvalue weighted by atomic mass is 16.3. The van der Waals surface area contributed by atoms with E-state index in [1.807, 2.05) is 18.2 Å². The van der Waals surface area contributed by atoms with E-state index >= 15 is 0 Å². The minimum atomic E-state index is -0.106. The summed E-state index contributed by atoms with van der Waals surface area (Å²) in [6.07, 6.45) is 2.22. The van der Waals surface area contributed by atoms with Crippen LogP contribution in [0.4, 0.5) is 0 Å². The number of rotatable bonds is 6. The molecule has 0 radical (unpaired) electrons. The molecule has 0 amide bonds.